The molecule has 2 N–H and O–H groups in total. The Morgan fingerprint density at radius 1 is 1.04 bits per heavy atom. The fourth-order valence-electron chi connectivity index (χ4n) is 2.99. The number of anilines is 1. The van der Waals surface area contributed by atoms with Crippen LogP contribution in [0.15, 0.2) is 60.9 Å². The molecule has 0 aliphatic heterocycles. The first-order chi connectivity index (χ1) is 12.6. The molecule has 4 rings (SSSR count). The summed E-state index contributed by atoms with van der Waals surface area (Å²) >= 11 is 0. The molecule has 26 heavy (non-hydrogen) atoms. The maximum absolute atomic E-state index is 11.3. The third-order valence-electron chi connectivity index (χ3n) is 4.14. The lowest BCUT2D eigenvalue weighted by Crippen LogP contribution is -2.02. The number of nitrogen functional groups attached to an aromatic ring is 1. The lowest BCUT2D eigenvalue weighted by atomic mass is 10.1. The van der Waals surface area contributed by atoms with E-state index in [1.165, 1.54) is 0 Å². The molecular formula is C20H17N5O. The number of fused-ring (bicyclic) bond motifs is 1. The Balaban J connectivity index is 1.92. The summed E-state index contributed by atoms with van der Waals surface area (Å²) in [5.74, 6) is 1.23. The van der Waals surface area contributed by atoms with Crippen LogP contribution in [0.1, 0.15) is 12.5 Å². The third-order valence-corrected chi connectivity index (χ3v) is 4.14. The molecule has 0 saturated heterocycles. The molecule has 0 amide bonds. The first-order valence-electron chi connectivity index (χ1n) is 8.26. The Hall–Kier alpha value is -3.54. The predicted molar refractivity (Wildman–Crippen MR) is 101 cm³/mol. The van der Waals surface area contributed by atoms with Crippen molar-refractivity contribution in [2.75, 3.05) is 5.73 Å². The fourth-order valence-corrected chi connectivity index (χ4v) is 2.99. The van der Waals surface area contributed by atoms with Gasteiger partial charge >= 0.3 is 0 Å². The van der Waals surface area contributed by atoms with Crippen molar-refractivity contribution in [1.29, 1.82) is 0 Å². The molecule has 0 saturated carbocycles. The highest BCUT2D eigenvalue weighted by atomic mass is 16.1. The molecule has 0 aliphatic rings. The quantitative estimate of drug-likeness (QED) is 0.615. The van der Waals surface area contributed by atoms with Crippen LogP contribution in [0.2, 0.25) is 0 Å². The van der Waals surface area contributed by atoms with Gasteiger partial charge in [-0.25, -0.2) is 15.0 Å². The van der Waals surface area contributed by atoms with E-state index in [0.29, 0.717) is 18.1 Å². The van der Waals surface area contributed by atoms with Crippen LogP contribution in [-0.4, -0.2) is 25.3 Å². The van der Waals surface area contributed by atoms with E-state index in [0.717, 1.165) is 28.0 Å². The van der Waals surface area contributed by atoms with E-state index in [2.05, 4.69) is 9.97 Å². The summed E-state index contributed by atoms with van der Waals surface area (Å²) in [6.45, 7) is 1.59. The van der Waals surface area contributed by atoms with E-state index in [9.17, 15) is 4.79 Å². The van der Waals surface area contributed by atoms with Crippen molar-refractivity contribution >= 4 is 22.8 Å². The van der Waals surface area contributed by atoms with Gasteiger partial charge in [-0.1, -0.05) is 12.1 Å². The molecule has 0 radical (unpaired) electrons. The van der Waals surface area contributed by atoms with Gasteiger partial charge in [-0.15, -0.1) is 0 Å². The SMILES string of the molecule is CC(=O)Cc1ccc(-n2c(-c3cccnc3N)nc3cccnc32)cc1. The molecule has 1 aromatic carbocycles. The largest absolute Gasteiger partial charge is 0.383 e. The van der Waals surface area contributed by atoms with Gasteiger partial charge in [-0.05, 0) is 48.9 Å². The molecule has 4 aromatic rings. The van der Waals surface area contributed by atoms with Crippen molar-refractivity contribution in [1.82, 2.24) is 19.5 Å². The monoisotopic (exact) mass is 343 g/mol. The van der Waals surface area contributed by atoms with Crippen molar-refractivity contribution in [2.24, 2.45) is 0 Å². The second-order valence-electron chi connectivity index (χ2n) is 6.10. The highest BCUT2D eigenvalue weighted by Gasteiger charge is 2.17. The predicted octanol–water partition coefficient (Wildman–Crippen LogP) is 3.20. The maximum atomic E-state index is 11.3. The first kappa shape index (κ1) is 16.0. The topological polar surface area (TPSA) is 86.7 Å². The lowest BCUT2D eigenvalue weighted by molar-refractivity contribution is -0.116. The van der Waals surface area contributed by atoms with Crippen molar-refractivity contribution in [2.45, 2.75) is 13.3 Å². The lowest BCUT2D eigenvalue weighted by Gasteiger charge is -2.10. The van der Waals surface area contributed by atoms with Gasteiger partial charge in [0.25, 0.3) is 0 Å². The zero-order valence-electron chi connectivity index (χ0n) is 14.3. The highest BCUT2D eigenvalue weighted by molar-refractivity contribution is 5.82. The number of hydrogen-bond acceptors (Lipinski definition) is 5. The van der Waals surface area contributed by atoms with Crippen molar-refractivity contribution in [3.05, 3.63) is 66.5 Å². The van der Waals surface area contributed by atoms with Crippen LogP contribution in [0, 0.1) is 0 Å². The number of pyridine rings is 2. The van der Waals surface area contributed by atoms with Crippen LogP contribution >= 0.6 is 0 Å². The zero-order chi connectivity index (χ0) is 18.1. The first-order valence-corrected chi connectivity index (χ1v) is 8.26. The van der Waals surface area contributed by atoms with Crippen molar-refractivity contribution in [3.63, 3.8) is 0 Å². The van der Waals surface area contributed by atoms with E-state index >= 15 is 0 Å². The number of nitrogens with two attached hydrogens (primary N) is 1. The Morgan fingerprint density at radius 2 is 1.77 bits per heavy atom. The Kier molecular flexibility index (Phi) is 3.93. The highest BCUT2D eigenvalue weighted by Crippen LogP contribution is 2.30. The normalized spacial score (nSPS) is 11.0. The number of aromatic nitrogens is 4. The molecule has 0 atom stereocenters. The van der Waals surface area contributed by atoms with Crippen LogP contribution in [-0.2, 0) is 11.2 Å². The van der Waals surface area contributed by atoms with Gasteiger partial charge in [-0.3, -0.25) is 9.36 Å². The molecule has 0 bridgehead atoms. The number of nitrogens with zero attached hydrogens (tertiary/aromatic N) is 4. The summed E-state index contributed by atoms with van der Waals surface area (Å²) in [6, 6.07) is 15.3. The average molecular weight is 343 g/mol. The number of benzene rings is 1. The molecule has 0 aliphatic carbocycles. The van der Waals surface area contributed by atoms with Gasteiger partial charge in [0.1, 0.15) is 17.1 Å². The molecule has 3 aromatic heterocycles. The average Bonchev–Trinajstić information content (AvgIpc) is 3.01. The second kappa shape index (κ2) is 6.40. The summed E-state index contributed by atoms with van der Waals surface area (Å²) < 4.78 is 1.96. The maximum Gasteiger partial charge on any atom is 0.164 e. The minimum atomic E-state index is 0.135. The third kappa shape index (κ3) is 2.82. The number of carbonyl (C=O) groups excluding carboxylic acids is 1. The van der Waals surface area contributed by atoms with Gasteiger partial charge in [0.2, 0.25) is 0 Å². The fraction of sp³-hybridized carbons (Fsp3) is 0.100. The molecule has 0 fully saturated rings. The standard InChI is InChI=1S/C20H17N5O/c1-13(26)12-14-6-8-15(9-7-14)25-19(16-4-2-10-22-18(16)21)24-17-5-3-11-23-20(17)25/h2-11H,12H2,1H3,(H2,21,22). The van der Waals surface area contributed by atoms with Crippen LogP contribution in [0.3, 0.4) is 0 Å². The summed E-state index contributed by atoms with van der Waals surface area (Å²) in [5.41, 5.74) is 10.2. The van der Waals surface area contributed by atoms with Crippen LogP contribution in [0.4, 0.5) is 5.82 Å². The molecular weight excluding hydrogens is 326 g/mol. The van der Waals surface area contributed by atoms with Gasteiger partial charge < -0.3 is 5.73 Å². The van der Waals surface area contributed by atoms with Gasteiger partial charge in [0, 0.05) is 24.5 Å². The van der Waals surface area contributed by atoms with Crippen molar-refractivity contribution in [3.8, 4) is 17.1 Å². The number of imidazole rings is 1. The van der Waals surface area contributed by atoms with E-state index in [-0.39, 0.29) is 5.78 Å². The Labute approximate surface area is 150 Å². The molecule has 128 valence electrons. The summed E-state index contributed by atoms with van der Waals surface area (Å²) in [6.07, 6.45) is 3.81. The van der Waals surface area contributed by atoms with E-state index in [4.69, 9.17) is 10.7 Å². The molecule has 0 unspecified atom stereocenters. The summed E-state index contributed by atoms with van der Waals surface area (Å²) in [4.78, 5) is 24.7. The molecule has 0 spiro atoms. The van der Waals surface area contributed by atoms with Crippen molar-refractivity contribution < 1.29 is 4.79 Å². The summed E-state index contributed by atoms with van der Waals surface area (Å²) in [7, 11) is 0. The Bertz CT molecular complexity index is 1100. The minimum Gasteiger partial charge on any atom is -0.383 e. The molecule has 6 heteroatoms. The Morgan fingerprint density at radius 3 is 2.50 bits per heavy atom. The van der Waals surface area contributed by atoms with Gasteiger partial charge in [-0.2, -0.15) is 0 Å². The number of hydrogen-bond donors (Lipinski definition) is 1. The van der Waals surface area contributed by atoms with E-state index in [1.54, 1.807) is 19.3 Å². The number of rotatable bonds is 4. The zero-order valence-corrected chi connectivity index (χ0v) is 14.3. The minimum absolute atomic E-state index is 0.135. The van der Waals surface area contributed by atoms with Crippen LogP contribution in [0.25, 0.3) is 28.2 Å². The number of ketones is 1. The van der Waals surface area contributed by atoms with Crippen LogP contribution < -0.4 is 5.73 Å². The van der Waals surface area contributed by atoms with E-state index in [1.807, 2.05) is 53.1 Å². The molecule has 6 nitrogen and oxygen atoms in total. The second-order valence-corrected chi connectivity index (χ2v) is 6.10. The smallest absolute Gasteiger partial charge is 0.164 e. The van der Waals surface area contributed by atoms with Gasteiger partial charge in [0.05, 0.1) is 5.56 Å². The molecule has 3 heterocycles. The van der Waals surface area contributed by atoms with Gasteiger partial charge in [0.15, 0.2) is 11.5 Å². The van der Waals surface area contributed by atoms with Crippen LogP contribution in [0.5, 0.6) is 0 Å². The van der Waals surface area contributed by atoms with E-state index < -0.39 is 0 Å². The number of carbonyl (C=O) groups is 1. The summed E-state index contributed by atoms with van der Waals surface area (Å²) in [5, 5.41) is 0. The number of Topliss-reactive ketones (excluding diaryl/α,β-unsaturated/α-hetero) is 1.